The van der Waals surface area contributed by atoms with E-state index in [0.29, 0.717) is 33.6 Å². The number of pyridine rings is 1. The highest BCUT2D eigenvalue weighted by atomic mass is 19.2. The Bertz CT molecular complexity index is 2520. The van der Waals surface area contributed by atoms with Crippen molar-refractivity contribution in [2.45, 2.75) is 13.1 Å². The van der Waals surface area contributed by atoms with E-state index in [0.717, 1.165) is 28.8 Å². The van der Waals surface area contributed by atoms with E-state index in [1.165, 1.54) is 43.5 Å². The fraction of sp³-hybridized carbons (Fsp3) is 0.0652. The van der Waals surface area contributed by atoms with Crippen molar-refractivity contribution in [2.24, 2.45) is 0 Å². The molecule has 0 unspecified atom stereocenters. The maximum Gasteiger partial charge on any atom is 0.274 e. The third kappa shape index (κ3) is 12.8. The molecule has 0 radical (unpaired) electrons. The summed E-state index contributed by atoms with van der Waals surface area (Å²) in [7, 11) is 1.52. The Balaban J connectivity index is 0.000000232. The molecule has 61 heavy (non-hydrogen) atoms. The summed E-state index contributed by atoms with van der Waals surface area (Å²) in [5.74, 6) is -3.79. The van der Waals surface area contributed by atoms with E-state index in [9.17, 15) is 32.3 Å². The first kappa shape index (κ1) is 44.2. The van der Waals surface area contributed by atoms with Gasteiger partial charge in [-0.05, 0) is 112 Å². The molecule has 0 saturated heterocycles. The monoisotopic (exact) mass is 829 g/mol. The average molecular weight is 830 g/mol. The largest absolute Gasteiger partial charge is 0.497 e. The average Bonchev–Trinajstić information content (AvgIpc) is 3.30. The van der Waals surface area contributed by atoms with Gasteiger partial charge in [-0.25, -0.2) is 24.1 Å². The van der Waals surface area contributed by atoms with Crippen LogP contribution in [0.3, 0.4) is 0 Å². The van der Waals surface area contributed by atoms with E-state index < -0.39 is 29.4 Å². The summed E-state index contributed by atoms with van der Waals surface area (Å²) in [5, 5.41) is 22.9. The van der Waals surface area contributed by atoms with E-state index >= 15 is 0 Å². The lowest BCUT2D eigenvalue weighted by atomic mass is 10.0. The minimum Gasteiger partial charge on any atom is -0.497 e. The number of rotatable bonds is 13. The molecule has 6 rings (SSSR count). The molecule has 1 heterocycles. The summed E-state index contributed by atoms with van der Waals surface area (Å²) >= 11 is 0. The number of carbonyl (C=O) groups excluding carboxylic acids is 4. The quantitative estimate of drug-likeness (QED) is 0.0308. The van der Waals surface area contributed by atoms with Crippen LogP contribution < -0.4 is 26.3 Å². The number of methoxy groups -OCH3 is 1. The number of hydrogen-bond donors (Lipinski definition) is 6. The Labute approximate surface area is 348 Å². The second-order valence-corrected chi connectivity index (χ2v) is 13.0. The van der Waals surface area contributed by atoms with Crippen LogP contribution in [0.25, 0.3) is 23.3 Å². The van der Waals surface area contributed by atoms with Crippen LogP contribution in [0.1, 0.15) is 54.1 Å². The van der Waals surface area contributed by atoms with Crippen LogP contribution >= 0.6 is 0 Å². The lowest BCUT2D eigenvalue weighted by molar-refractivity contribution is -0.116. The standard InChI is InChI=1S/C24H20F2N2O4.C22H18FN3O3/c1-32-19-9-7-17(8-10-19)20(12-16-4-11-21(25)22(26)13-16)24(30)27-14-15-2-5-18(6-3-15)23(29)28-31;23-19-9-7-17(8-10-19)20(12-16-2-1-11-24-13-16)22(28)25-14-15-3-5-18(6-4-15)21(27)26-29/h2-13,31H,14H2,1H3,(H,27,30)(H,28,29);1-13,29H,14H2,(H,25,28)(H,26,27). The molecule has 0 bridgehead atoms. The third-order valence-electron chi connectivity index (χ3n) is 8.84. The fourth-order valence-corrected chi connectivity index (χ4v) is 5.59. The van der Waals surface area contributed by atoms with E-state index in [1.807, 2.05) is 6.07 Å². The zero-order valence-corrected chi connectivity index (χ0v) is 32.4. The van der Waals surface area contributed by atoms with Crippen LogP contribution in [-0.4, -0.2) is 46.1 Å². The Morgan fingerprint density at radius 2 is 1.07 bits per heavy atom. The molecule has 0 spiro atoms. The van der Waals surface area contributed by atoms with Gasteiger partial charge in [0.05, 0.1) is 7.11 Å². The number of hydroxylamine groups is 2. The van der Waals surface area contributed by atoms with Gasteiger partial charge in [-0.3, -0.25) is 34.6 Å². The molecule has 15 heteroatoms. The van der Waals surface area contributed by atoms with Crippen molar-refractivity contribution in [1.29, 1.82) is 0 Å². The second-order valence-electron chi connectivity index (χ2n) is 13.0. The van der Waals surface area contributed by atoms with Gasteiger partial charge in [0.25, 0.3) is 23.6 Å². The van der Waals surface area contributed by atoms with Gasteiger partial charge in [0.1, 0.15) is 11.6 Å². The van der Waals surface area contributed by atoms with E-state index in [1.54, 1.807) is 108 Å². The highest BCUT2D eigenvalue weighted by molar-refractivity contribution is 6.24. The fourth-order valence-electron chi connectivity index (χ4n) is 5.59. The van der Waals surface area contributed by atoms with Gasteiger partial charge in [-0.1, -0.05) is 60.7 Å². The minimum atomic E-state index is -1.01. The van der Waals surface area contributed by atoms with E-state index in [4.69, 9.17) is 15.2 Å². The minimum absolute atomic E-state index is 0.158. The van der Waals surface area contributed by atoms with Crippen molar-refractivity contribution in [3.05, 3.63) is 202 Å². The molecule has 1 aromatic heterocycles. The summed E-state index contributed by atoms with van der Waals surface area (Å²) in [6.45, 7) is 0.385. The van der Waals surface area contributed by atoms with Gasteiger partial charge < -0.3 is 15.4 Å². The molecule has 0 aliphatic carbocycles. The molecular formula is C46H38F3N5O7. The number of aromatic nitrogens is 1. The predicted octanol–water partition coefficient (Wildman–Crippen LogP) is 7.15. The number of nitrogens with zero attached hydrogens (tertiary/aromatic N) is 1. The number of benzene rings is 5. The van der Waals surface area contributed by atoms with Crippen LogP contribution in [-0.2, 0) is 22.7 Å². The number of carbonyl (C=O) groups is 4. The molecule has 0 atom stereocenters. The second kappa shape index (κ2) is 21.8. The van der Waals surface area contributed by atoms with Crippen LogP contribution in [0.4, 0.5) is 13.2 Å². The van der Waals surface area contributed by atoms with Crippen LogP contribution in [0.15, 0.2) is 140 Å². The third-order valence-corrected chi connectivity index (χ3v) is 8.84. The number of amides is 4. The summed E-state index contributed by atoms with van der Waals surface area (Å²) in [6.07, 6.45) is 6.41. The van der Waals surface area contributed by atoms with Gasteiger partial charge in [0.2, 0.25) is 0 Å². The first-order valence-electron chi connectivity index (χ1n) is 18.3. The zero-order valence-electron chi connectivity index (χ0n) is 32.4. The van der Waals surface area contributed by atoms with Crippen molar-refractivity contribution in [3.8, 4) is 5.75 Å². The van der Waals surface area contributed by atoms with Gasteiger partial charge >= 0.3 is 0 Å². The molecule has 0 aliphatic rings. The Morgan fingerprint density at radius 3 is 1.51 bits per heavy atom. The van der Waals surface area contributed by atoms with Gasteiger partial charge in [-0.2, -0.15) is 0 Å². The maximum absolute atomic E-state index is 13.7. The van der Waals surface area contributed by atoms with Crippen molar-refractivity contribution in [3.63, 3.8) is 0 Å². The zero-order chi connectivity index (χ0) is 43.7. The highest BCUT2D eigenvalue weighted by Crippen LogP contribution is 2.23. The van der Waals surface area contributed by atoms with Gasteiger partial charge in [0.15, 0.2) is 11.6 Å². The summed E-state index contributed by atoms with van der Waals surface area (Å²) in [5.41, 5.74) is 7.97. The number of ether oxygens (including phenoxy) is 1. The molecule has 0 saturated carbocycles. The molecule has 4 amide bonds. The topological polar surface area (TPSA) is 179 Å². The maximum atomic E-state index is 13.7. The highest BCUT2D eigenvalue weighted by Gasteiger charge is 2.15. The number of nitrogens with one attached hydrogen (secondary N) is 4. The Morgan fingerprint density at radius 1 is 0.590 bits per heavy atom. The molecule has 6 aromatic rings. The van der Waals surface area contributed by atoms with Crippen molar-refractivity contribution in [1.82, 2.24) is 26.6 Å². The summed E-state index contributed by atoms with van der Waals surface area (Å²) in [6, 6.07) is 32.1. The Hall–Kier alpha value is -7.88. The molecule has 5 aromatic carbocycles. The van der Waals surface area contributed by atoms with E-state index in [2.05, 4.69) is 15.6 Å². The molecule has 12 nitrogen and oxygen atoms in total. The van der Waals surface area contributed by atoms with Crippen molar-refractivity contribution in [2.75, 3.05) is 7.11 Å². The van der Waals surface area contributed by atoms with E-state index in [-0.39, 0.29) is 36.0 Å². The van der Waals surface area contributed by atoms with Crippen LogP contribution in [0, 0.1) is 17.5 Å². The first-order valence-corrected chi connectivity index (χ1v) is 18.3. The smallest absolute Gasteiger partial charge is 0.274 e. The van der Waals surface area contributed by atoms with Gasteiger partial charge in [0, 0.05) is 47.8 Å². The Kier molecular flexibility index (Phi) is 15.8. The van der Waals surface area contributed by atoms with Gasteiger partial charge in [-0.15, -0.1) is 0 Å². The lowest BCUT2D eigenvalue weighted by Gasteiger charge is -2.11. The number of halogens is 3. The molecule has 310 valence electrons. The SMILES string of the molecule is COc1ccc(C(=Cc2ccc(F)c(F)c2)C(=O)NCc2ccc(C(=O)NO)cc2)cc1.O=C(NCc1ccc(C(=O)NO)cc1)C(=Cc1cccnc1)c1ccc(F)cc1. The van der Waals surface area contributed by atoms with Crippen LogP contribution in [0.2, 0.25) is 0 Å². The molecule has 0 fully saturated rings. The lowest BCUT2D eigenvalue weighted by Crippen LogP contribution is -2.24. The molecule has 6 N–H and O–H groups in total. The number of hydrogen-bond acceptors (Lipinski definition) is 8. The predicted molar refractivity (Wildman–Crippen MR) is 221 cm³/mol. The summed E-state index contributed by atoms with van der Waals surface area (Å²) in [4.78, 5) is 52.6. The van der Waals surface area contributed by atoms with Crippen LogP contribution in [0.5, 0.6) is 5.75 Å². The normalized spacial score (nSPS) is 11.0. The molecular weight excluding hydrogens is 792 g/mol. The summed E-state index contributed by atoms with van der Waals surface area (Å²) < 4.78 is 45.4. The van der Waals surface area contributed by atoms with Crippen molar-refractivity contribution < 1.29 is 47.5 Å². The van der Waals surface area contributed by atoms with Crippen molar-refractivity contribution >= 4 is 46.9 Å². The first-order chi connectivity index (χ1) is 29.5. The molecule has 0 aliphatic heterocycles.